The zero-order chi connectivity index (χ0) is 18.2. The molecule has 0 aliphatic carbocycles. The maximum absolute atomic E-state index is 12.9. The summed E-state index contributed by atoms with van der Waals surface area (Å²) < 4.78 is 26.9. The molecule has 25 heavy (non-hydrogen) atoms. The Morgan fingerprint density at radius 3 is 2.32 bits per heavy atom. The predicted octanol–water partition coefficient (Wildman–Crippen LogP) is 2.31. The molecule has 1 amide bonds. The summed E-state index contributed by atoms with van der Waals surface area (Å²) in [5.41, 5.74) is 1.99. The first-order valence-corrected chi connectivity index (χ1v) is 9.63. The van der Waals surface area contributed by atoms with Gasteiger partial charge in [0.25, 0.3) is 15.9 Å². The van der Waals surface area contributed by atoms with E-state index in [9.17, 15) is 13.2 Å². The molecule has 5 nitrogen and oxygen atoms in total. The second-order valence-electron chi connectivity index (χ2n) is 6.60. The number of amides is 1. The lowest BCUT2D eigenvalue weighted by atomic mass is 10.0. The molecule has 1 unspecified atom stereocenters. The first-order chi connectivity index (χ1) is 11.8. The van der Waals surface area contributed by atoms with Gasteiger partial charge < -0.3 is 4.90 Å². The Morgan fingerprint density at radius 1 is 1.04 bits per heavy atom. The van der Waals surface area contributed by atoms with Crippen LogP contribution < -0.4 is 0 Å². The van der Waals surface area contributed by atoms with Gasteiger partial charge in [0.2, 0.25) is 0 Å². The van der Waals surface area contributed by atoms with Gasteiger partial charge in [0.15, 0.2) is 0 Å². The van der Waals surface area contributed by atoms with Gasteiger partial charge in [-0.05, 0) is 44.6 Å². The maximum atomic E-state index is 12.9. The van der Waals surface area contributed by atoms with Gasteiger partial charge in [-0.2, -0.15) is 0 Å². The molecule has 6 heteroatoms. The van der Waals surface area contributed by atoms with Crippen molar-refractivity contribution in [2.75, 3.05) is 20.6 Å². The van der Waals surface area contributed by atoms with Crippen molar-refractivity contribution in [1.29, 1.82) is 0 Å². The smallest absolute Gasteiger partial charge is 0.269 e. The lowest BCUT2D eigenvalue weighted by molar-refractivity contribution is 0.0845. The zero-order valence-corrected chi connectivity index (χ0v) is 15.5. The van der Waals surface area contributed by atoms with Gasteiger partial charge in [-0.25, -0.2) is 12.7 Å². The van der Waals surface area contributed by atoms with Gasteiger partial charge in [0.1, 0.15) is 4.90 Å². The van der Waals surface area contributed by atoms with Crippen molar-refractivity contribution in [3.63, 3.8) is 0 Å². The van der Waals surface area contributed by atoms with E-state index < -0.39 is 15.9 Å². The number of carbonyl (C=O) groups is 1. The van der Waals surface area contributed by atoms with Gasteiger partial charge >= 0.3 is 0 Å². The summed E-state index contributed by atoms with van der Waals surface area (Å²) in [7, 11) is 0.0139. The molecule has 0 saturated heterocycles. The number of carbonyl (C=O) groups excluding carboxylic acids is 1. The molecule has 1 aliphatic heterocycles. The standard InChI is InChI=1S/C19H22N2O3S/c1-14-8-7-11-17-18(14)25(23,24)21(19(17)22)13-16(20(2)3)12-15-9-5-4-6-10-15/h4-11,16H,12-13H2,1-3H3. The first-order valence-electron chi connectivity index (χ1n) is 8.19. The fraction of sp³-hybridized carbons (Fsp3) is 0.316. The molecule has 1 heterocycles. The predicted molar refractivity (Wildman–Crippen MR) is 97.0 cm³/mol. The van der Waals surface area contributed by atoms with Crippen LogP contribution in [0.3, 0.4) is 0 Å². The minimum Gasteiger partial charge on any atom is -0.304 e. The van der Waals surface area contributed by atoms with E-state index >= 15 is 0 Å². The quantitative estimate of drug-likeness (QED) is 0.823. The molecule has 2 aromatic rings. The van der Waals surface area contributed by atoms with Crippen molar-refractivity contribution >= 4 is 15.9 Å². The highest BCUT2D eigenvalue weighted by atomic mass is 32.2. The van der Waals surface area contributed by atoms with E-state index in [0.29, 0.717) is 12.0 Å². The van der Waals surface area contributed by atoms with Crippen LogP contribution in [-0.4, -0.2) is 50.2 Å². The van der Waals surface area contributed by atoms with E-state index in [1.807, 2.05) is 49.3 Å². The molecular formula is C19H22N2O3S. The summed E-state index contributed by atoms with van der Waals surface area (Å²) in [5.74, 6) is -0.432. The number of nitrogens with zero attached hydrogens (tertiary/aromatic N) is 2. The summed E-state index contributed by atoms with van der Waals surface area (Å²) >= 11 is 0. The van der Waals surface area contributed by atoms with Gasteiger partial charge in [0, 0.05) is 6.04 Å². The highest BCUT2D eigenvalue weighted by Gasteiger charge is 2.43. The van der Waals surface area contributed by atoms with Crippen LogP contribution in [0.1, 0.15) is 21.5 Å². The molecule has 0 saturated carbocycles. The van der Waals surface area contributed by atoms with E-state index in [1.165, 1.54) is 0 Å². The summed E-state index contributed by atoms with van der Waals surface area (Å²) in [6.45, 7) is 1.86. The van der Waals surface area contributed by atoms with E-state index in [4.69, 9.17) is 0 Å². The molecule has 1 atom stereocenters. The molecule has 0 aromatic heterocycles. The van der Waals surface area contributed by atoms with Gasteiger partial charge in [-0.1, -0.05) is 42.5 Å². The summed E-state index contributed by atoms with van der Waals surface area (Å²) in [4.78, 5) is 14.8. The summed E-state index contributed by atoms with van der Waals surface area (Å²) in [6.07, 6.45) is 0.669. The fourth-order valence-electron chi connectivity index (χ4n) is 3.19. The lowest BCUT2D eigenvalue weighted by Gasteiger charge is -2.28. The normalized spacial score (nSPS) is 17.0. The average Bonchev–Trinajstić information content (AvgIpc) is 2.76. The minimum atomic E-state index is -3.79. The monoisotopic (exact) mass is 358 g/mol. The van der Waals surface area contributed by atoms with Crippen LogP contribution in [0.25, 0.3) is 0 Å². The van der Waals surface area contributed by atoms with Gasteiger partial charge in [-0.15, -0.1) is 0 Å². The second kappa shape index (κ2) is 6.61. The Bertz CT molecular complexity index is 892. The van der Waals surface area contributed by atoms with Gasteiger partial charge in [0.05, 0.1) is 12.1 Å². The SMILES string of the molecule is Cc1cccc2c1S(=O)(=O)N(CC(Cc1ccccc1)N(C)C)C2=O. The zero-order valence-electron chi connectivity index (χ0n) is 14.6. The Hall–Kier alpha value is -2.18. The number of fused-ring (bicyclic) bond motifs is 1. The largest absolute Gasteiger partial charge is 0.304 e. The van der Waals surface area contributed by atoms with Crippen molar-refractivity contribution in [1.82, 2.24) is 9.21 Å². The third-order valence-electron chi connectivity index (χ3n) is 4.64. The Labute approximate surface area is 148 Å². The molecule has 2 aromatic carbocycles. The number of hydrogen-bond acceptors (Lipinski definition) is 4. The Kier molecular flexibility index (Phi) is 4.67. The molecule has 132 valence electrons. The van der Waals surface area contributed by atoms with Crippen LogP contribution in [-0.2, 0) is 16.4 Å². The number of aryl methyl sites for hydroxylation is 1. The van der Waals surface area contributed by atoms with Crippen LogP contribution in [0.15, 0.2) is 53.4 Å². The third-order valence-corrected chi connectivity index (χ3v) is 6.59. The van der Waals surface area contributed by atoms with Crippen LogP contribution in [0.4, 0.5) is 0 Å². The van der Waals surface area contributed by atoms with Crippen molar-refractivity contribution in [2.45, 2.75) is 24.3 Å². The minimum absolute atomic E-state index is 0.101. The van der Waals surface area contributed by atoms with E-state index in [-0.39, 0.29) is 23.0 Å². The fourth-order valence-corrected chi connectivity index (χ4v) is 5.00. The topological polar surface area (TPSA) is 57.7 Å². The van der Waals surface area contributed by atoms with Gasteiger partial charge in [-0.3, -0.25) is 4.79 Å². The van der Waals surface area contributed by atoms with Crippen LogP contribution in [0.2, 0.25) is 0 Å². The van der Waals surface area contributed by atoms with Crippen LogP contribution in [0, 0.1) is 6.92 Å². The van der Waals surface area contributed by atoms with Crippen LogP contribution >= 0.6 is 0 Å². The van der Waals surface area contributed by atoms with Crippen LogP contribution in [0.5, 0.6) is 0 Å². The number of rotatable bonds is 5. The molecule has 3 rings (SSSR count). The molecule has 0 bridgehead atoms. The highest BCUT2D eigenvalue weighted by Crippen LogP contribution is 2.33. The maximum Gasteiger partial charge on any atom is 0.269 e. The number of sulfonamides is 1. The molecule has 0 fully saturated rings. The van der Waals surface area contributed by atoms with E-state index in [2.05, 4.69) is 0 Å². The Morgan fingerprint density at radius 2 is 1.72 bits per heavy atom. The number of hydrogen-bond donors (Lipinski definition) is 0. The number of benzene rings is 2. The summed E-state index contributed by atoms with van der Waals surface area (Å²) in [5, 5.41) is 0. The van der Waals surface area contributed by atoms with Crippen molar-refractivity contribution < 1.29 is 13.2 Å². The van der Waals surface area contributed by atoms with E-state index in [0.717, 1.165) is 9.87 Å². The second-order valence-corrected chi connectivity index (χ2v) is 8.40. The molecule has 0 radical (unpaired) electrons. The molecule has 0 spiro atoms. The molecule has 0 N–H and O–H groups in total. The molecule has 1 aliphatic rings. The van der Waals surface area contributed by atoms with E-state index in [1.54, 1.807) is 25.1 Å². The number of likely N-dealkylation sites (N-methyl/N-ethyl adjacent to an activating group) is 1. The first kappa shape index (κ1) is 17.6. The van der Waals surface area contributed by atoms with Crippen molar-refractivity contribution in [2.24, 2.45) is 0 Å². The van der Waals surface area contributed by atoms with Crippen molar-refractivity contribution in [3.05, 3.63) is 65.2 Å². The Balaban J connectivity index is 1.91. The highest BCUT2D eigenvalue weighted by molar-refractivity contribution is 7.90. The third kappa shape index (κ3) is 3.19. The lowest BCUT2D eigenvalue weighted by Crippen LogP contribution is -2.44. The summed E-state index contributed by atoms with van der Waals surface area (Å²) in [6, 6.07) is 14.8. The average molecular weight is 358 g/mol. The molecular weight excluding hydrogens is 336 g/mol. The van der Waals surface area contributed by atoms with Crippen molar-refractivity contribution in [3.8, 4) is 0 Å².